The summed E-state index contributed by atoms with van der Waals surface area (Å²) in [5.41, 5.74) is 0.156. The highest BCUT2D eigenvalue weighted by Gasteiger charge is 2.24. The van der Waals surface area contributed by atoms with Crippen LogP contribution in [-0.4, -0.2) is 21.9 Å². The lowest BCUT2D eigenvalue weighted by Crippen LogP contribution is -2.35. The minimum atomic E-state index is 0.156. The number of alkyl halides is 1. The summed E-state index contributed by atoms with van der Waals surface area (Å²) < 4.78 is 1.03. The van der Waals surface area contributed by atoms with Crippen LogP contribution in [0.25, 0.3) is 0 Å². The molecule has 1 unspecified atom stereocenters. The molecule has 0 bridgehead atoms. The van der Waals surface area contributed by atoms with E-state index in [0.717, 1.165) is 15.8 Å². The molecule has 3 nitrogen and oxygen atoms in total. The van der Waals surface area contributed by atoms with Crippen molar-refractivity contribution in [3.63, 3.8) is 0 Å². The number of aromatic nitrogens is 2. The van der Waals surface area contributed by atoms with Gasteiger partial charge in [-0.3, -0.25) is 0 Å². The fraction of sp³-hybridized carbons (Fsp3) is 0.636. The van der Waals surface area contributed by atoms with E-state index in [1.165, 1.54) is 0 Å². The highest BCUT2D eigenvalue weighted by atomic mass is 127. The Kier molecular flexibility index (Phi) is 5.24. The van der Waals surface area contributed by atoms with Gasteiger partial charge in [0, 0.05) is 18.1 Å². The van der Waals surface area contributed by atoms with Crippen molar-refractivity contribution in [3.8, 4) is 0 Å². The zero-order chi connectivity index (χ0) is 12.2. The van der Waals surface area contributed by atoms with Gasteiger partial charge < -0.3 is 5.32 Å². The maximum atomic E-state index is 5.83. The number of rotatable bonds is 4. The quantitative estimate of drug-likeness (QED) is 0.664. The van der Waals surface area contributed by atoms with Gasteiger partial charge >= 0.3 is 0 Å². The molecular weight excluding hydrogens is 336 g/mol. The summed E-state index contributed by atoms with van der Waals surface area (Å²) in [5.74, 6) is 1.54. The average molecular weight is 354 g/mol. The maximum Gasteiger partial charge on any atom is 0.143 e. The van der Waals surface area contributed by atoms with Crippen LogP contribution in [0.3, 0.4) is 0 Å². The molecular formula is C11H17ClIN3. The van der Waals surface area contributed by atoms with Crippen LogP contribution in [0.1, 0.15) is 27.2 Å². The number of nitrogens with one attached hydrogen (secondary N) is 1. The van der Waals surface area contributed by atoms with Crippen LogP contribution in [0, 0.1) is 8.99 Å². The molecule has 0 radical (unpaired) electrons. The van der Waals surface area contributed by atoms with Crippen molar-refractivity contribution in [2.45, 2.75) is 33.2 Å². The number of halogens is 2. The van der Waals surface area contributed by atoms with E-state index >= 15 is 0 Å². The Morgan fingerprint density at radius 2 is 2.19 bits per heavy atom. The molecule has 1 aromatic rings. The standard InChI is InChI=1S/C11H17ClIN3/c1-11(2,3)9(4-5-12)16-10-8(13)6-14-7-15-10/h6-7,9H,4-5H2,1-3H3,(H,14,15,16). The highest BCUT2D eigenvalue weighted by Crippen LogP contribution is 2.26. The Balaban J connectivity index is 2.80. The van der Waals surface area contributed by atoms with Gasteiger partial charge in [-0.15, -0.1) is 11.6 Å². The van der Waals surface area contributed by atoms with Crippen LogP contribution < -0.4 is 5.32 Å². The van der Waals surface area contributed by atoms with Crippen molar-refractivity contribution < 1.29 is 0 Å². The molecule has 0 fully saturated rings. The predicted molar refractivity (Wildman–Crippen MR) is 77.0 cm³/mol. The van der Waals surface area contributed by atoms with E-state index in [0.29, 0.717) is 11.9 Å². The lowest BCUT2D eigenvalue weighted by molar-refractivity contribution is 0.334. The van der Waals surface area contributed by atoms with Gasteiger partial charge in [-0.25, -0.2) is 9.97 Å². The first-order valence-electron chi connectivity index (χ1n) is 5.23. The summed E-state index contributed by atoms with van der Waals surface area (Å²) in [7, 11) is 0. The van der Waals surface area contributed by atoms with E-state index in [4.69, 9.17) is 11.6 Å². The maximum absolute atomic E-state index is 5.83. The second-order valence-electron chi connectivity index (χ2n) is 4.76. The van der Waals surface area contributed by atoms with E-state index in [9.17, 15) is 0 Å². The normalized spacial score (nSPS) is 13.6. The van der Waals surface area contributed by atoms with Gasteiger partial charge in [0.1, 0.15) is 12.1 Å². The molecule has 1 atom stereocenters. The Morgan fingerprint density at radius 1 is 1.50 bits per heavy atom. The first-order chi connectivity index (χ1) is 7.45. The van der Waals surface area contributed by atoms with Crippen LogP contribution in [0.2, 0.25) is 0 Å². The molecule has 0 spiro atoms. The van der Waals surface area contributed by atoms with Gasteiger partial charge in [-0.2, -0.15) is 0 Å². The molecule has 0 aromatic carbocycles. The second-order valence-corrected chi connectivity index (χ2v) is 6.30. The molecule has 1 N–H and O–H groups in total. The molecule has 1 rings (SSSR count). The summed E-state index contributed by atoms with van der Waals surface area (Å²) >= 11 is 8.06. The van der Waals surface area contributed by atoms with E-state index < -0.39 is 0 Å². The smallest absolute Gasteiger partial charge is 0.143 e. The number of anilines is 1. The van der Waals surface area contributed by atoms with Crippen molar-refractivity contribution >= 4 is 40.0 Å². The van der Waals surface area contributed by atoms with E-state index in [1.807, 2.05) is 0 Å². The SMILES string of the molecule is CC(C)(C)C(CCCl)Nc1ncncc1I. The van der Waals surface area contributed by atoms with Gasteiger partial charge in [0.05, 0.1) is 3.57 Å². The first-order valence-corrected chi connectivity index (χ1v) is 6.84. The zero-order valence-corrected chi connectivity index (χ0v) is 12.7. The lowest BCUT2D eigenvalue weighted by atomic mass is 9.85. The van der Waals surface area contributed by atoms with Crippen molar-refractivity contribution in [1.82, 2.24) is 9.97 Å². The largest absolute Gasteiger partial charge is 0.366 e. The molecule has 16 heavy (non-hydrogen) atoms. The van der Waals surface area contributed by atoms with Crippen molar-refractivity contribution in [3.05, 3.63) is 16.1 Å². The van der Waals surface area contributed by atoms with Crippen molar-refractivity contribution in [2.75, 3.05) is 11.2 Å². The number of hydrogen-bond donors (Lipinski definition) is 1. The van der Waals surface area contributed by atoms with Gasteiger partial charge in [0.15, 0.2) is 0 Å². The summed E-state index contributed by atoms with van der Waals surface area (Å²) in [4.78, 5) is 8.22. The lowest BCUT2D eigenvalue weighted by Gasteiger charge is -2.31. The van der Waals surface area contributed by atoms with Crippen LogP contribution in [-0.2, 0) is 0 Å². The highest BCUT2D eigenvalue weighted by molar-refractivity contribution is 14.1. The molecule has 0 aliphatic rings. The van der Waals surface area contributed by atoms with E-state index in [-0.39, 0.29) is 5.41 Å². The van der Waals surface area contributed by atoms with E-state index in [2.05, 4.69) is 58.6 Å². The number of hydrogen-bond acceptors (Lipinski definition) is 3. The van der Waals surface area contributed by atoms with Crippen molar-refractivity contribution in [1.29, 1.82) is 0 Å². The third-order valence-electron chi connectivity index (χ3n) is 2.42. The third kappa shape index (κ3) is 4.05. The van der Waals surface area contributed by atoms with Gasteiger partial charge in [0.2, 0.25) is 0 Å². The molecule has 0 saturated heterocycles. The zero-order valence-electron chi connectivity index (χ0n) is 9.80. The van der Waals surface area contributed by atoms with Crippen LogP contribution in [0.4, 0.5) is 5.82 Å². The minimum absolute atomic E-state index is 0.156. The third-order valence-corrected chi connectivity index (χ3v) is 3.43. The van der Waals surface area contributed by atoms with Gasteiger partial charge in [-0.05, 0) is 34.4 Å². The molecule has 0 aliphatic carbocycles. The topological polar surface area (TPSA) is 37.8 Å². The monoisotopic (exact) mass is 353 g/mol. The molecule has 0 saturated carbocycles. The molecule has 0 amide bonds. The second kappa shape index (κ2) is 6.00. The fourth-order valence-electron chi connectivity index (χ4n) is 1.41. The Labute approximate surface area is 116 Å². The summed E-state index contributed by atoms with van der Waals surface area (Å²) in [5, 5.41) is 3.45. The van der Waals surface area contributed by atoms with Gasteiger partial charge in [0.25, 0.3) is 0 Å². The Hall–Kier alpha value is -0.100. The van der Waals surface area contributed by atoms with Gasteiger partial charge in [-0.1, -0.05) is 20.8 Å². The number of nitrogens with zero attached hydrogens (tertiary/aromatic N) is 2. The summed E-state index contributed by atoms with van der Waals surface area (Å²) in [6.45, 7) is 6.60. The van der Waals surface area contributed by atoms with Crippen LogP contribution in [0.15, 0.2) is 12.5 Å². The average Bonchev–Trinajstić information content (AvgIpc) is 2.19. The Bertz CT molecular complexity index is 338. The fourth-order valence-corrected chi connectivity index (χ4v) is 2.09. The predicted octanol–water partition coefficient (Wildman–Crippen LogP) is 3.54. The Morgan fingerprint density at radius 3 is 2.69 bits per heavy atom. The first kappa shape index (κ1) is 14.0. The van der Waals surface area contributed by atoms with Crippen molar-refractivity contribution in [2.24, 2.45) is 5.41 Å². The van der Waals surface area contributed by atoms with Crippen LogP contribution in [0.5, 0.6) is 0 Å². The van der Waals surface area contributed by atoms with Crippen LogP contribution >= 0.6 is 34.2 Å². The molecule has 1 aromatic heterocycles. The molecule has 1 heterocycles. The minimum Gasteiger partial charge on any atom is -0.366 e. The summed E-state index contributed by atoms with van der Waals surface area (Å²) in [6.07, 6.45) is 4.28. The molecule has 5 heteroatoms. The molecule has 0 aliphatic heterocycles. The van der Waals surface area contributed by atoms with E-state index in [1.54, 1.807) is 12.5 Å². The summed E-state index contributed by atoms with van der Waals surface area (Å²) in [6, 6.07) is 0.313. The molecule has 90 valence electrons.